The first kappa shape index (κ1) is 20.4. The molecule has 28 heavy (non-hydrogen) atoms. The lowest BCUT2D eigenvalue weighted by molar-refractivity contribution is 0.00578. The molecule has 0 bridgehead atoms. The van der Waals surface area contributed by atoms with Crippen LogP contribution in [0.1, 0.15) is 40.5 Å². The summed E-state index contributed by atoms with van der Waals surface area (Å²) < 4.78 is 18.0. The largest absolute Gasteiger partial charge is 0.494 e. The van der Waals surface area contributed by atoms with E-state index in [-0.39, 0.29) is 11.2 Å². The number of fused-ring (bicyclic) bond motifs is 1. The minimum Gasteiger partial charge on any atom is -0.492 e. The molecule has 0 spiro atoms. The summed E-state index contributed by atoms with van der Waals surface area (Å²) in [7, 11) is -0.416. The number of carbonyl (C=O) groups is 1. The molecule has 8 heteroatoms. The maximum absolute atomic E-state index is 10.4. The Balaban J connectivity index is 1.64. The molecule has 3 rings (SSSR count). The average molecular weight is 386 g/mol. The fourth-order valence-electron chi connectivity index (χ4n) is 2.95. The van der Waals surface area contributed by atoms with E-state index in [4.69, 9.17) is 19.2 Å². The van der Waals surface area contributed by atoms with Gasteiger partial charge in [-0.2, -0.15) is 0 Å². The predicted molar refractivity (Wildman–Crippen MR) is 108 cm³/mol. The van der Waals surface area contributed by atoms with Crippen LogP contribution in [0.25, 0.3) is 10.9 Å². The number of carboxylic acid groups (broad SMARTS) is 1. The van der Waals surface area contributed by atoms with Crippen LogP contribution >= 0.6 is 0 Å². The summed E-state index contributed by atoms with van der Waals surface area (Å²) in [4.78, 5) is 14.9. The molecule has 0 saturated carbocycles. The third-order valence-electron chi connectivity index (χ3n) is 5.32. The van der Waals surface area contributed by atoms with Crippen LogP contribution in [0.15, 0.2) is 30.5 Å². The summed E-state index contributed by atoms with van der Waals surface area (Å²) in [5.41, 5.74) is 1.06. The smallest absolute Gasteiger partial charge is 0.492 e. The zero-order chi connectivity index (χ0) is 20.4. The van der Waals surface area contributed by atoms with E-state index in [0.29, 0.717) is 18.9 Å². The minimum absolute atomic E-state index is 0.384. The molecule has 2 aromatic rings. The van der Waals surface area contributed by atoms with E-state index < -0.39 is 13.2 Å². The molecule has 7 nitrogen and oxygen atoms in total. The Morgan fingerprint density at radius 1 is 1.18 bits per heavy atom. The number of benzene rings is 1. The van der Waals surface area contributed by atoms with Crippen molar-refractivity contribution < 1.29 is 23.9 Å². The van der Waals surface area contributed by atoms with Crippen molar-refractivity contribution in [2.24, 2.45) is 0 Å². The predicted octanol–water partition coefficient (Wildman–Crippen LogP) is 2.96. The van der Waals surface area contributed by atoms with Crippen molar-refractivity contribution in [1.82, 2.24) is 10.3 Å². The van der Waals surface area contributed by atoms with E-state index in [1.165, 1.54) is 0 Å². The molecule has 1 saturated heterocycles. The molecule has 0 radical (unpaired) electrons. The van der Waals surface area contributed by atoms with Crippen LogP contribution in [0.4, 0.5) is 4.79 Å². The molecule has 0 atom stereocenters. The highest BCUT2D eigenvalue weighted by atomic mass is 16.7. The van der Waals surface area contributed by atoms with Crippen LogP contribution in [0.3, 0.4) is 0 Å². The molecule has 2 N–H and O–H groups in total. The molecule has 1 aliphatic rings. The van der Waals surface area contributed by atoms with Crippen LogP contribution in [-0.4, -0.2) is 47.7 Å². The second-order valence-electron chi connectivity index (χ2n) is 8.00. The fraction of sp³-hybridized carbons (Fsp3) is 0.500. The minimum atomic E-state index is -1.00. The number of hydrogen-bond acceptors (Lipinski definition) is 5. The number of nitrogens with zero attached hydrogens (tertiary/aromatic N) is 1. The standard InChI is InChI=1S/C20H27BN2O5/c1-19(2)20(3,4)28-21(27-19)15-7-8-17-14(11-15)12-16(13-23-17)26-10-6-5-9-22-18(24)25/h7-8,11-13,22H,5-6,9-10H2,1-4H3,(H,24,25). The molecule has 2 heterocycles. The molecule has 0 aliphatic carbocycles. The lowest BCUT2D eigenvalue weighted by Gasteiger charge is -2.32. The van der Waals surface area contributed by atoms with E-state index >= 15 is 0 Å². The maximum atomic E-state index is 10.4. The number of rotatable bonds is 7. The normalized spacial score (nSPS) is 17.6. The maximum Gasteiger partial charge on any atom is 0.494 e. The average Bonchev–Trinajstić information content (AvgIpc) is 2.84. The number of ether oxygens (including phenoxy) is 1. The summed E-state index contributed by atoms with van der Waals surface area (Å²) >= 11 is 0. The van der Waals surface area contributed by atoms with Gasteiger partial charge in [0.2, 0.25) is 0 Å². The van der Waals surface area contributed by atoms with Gasteiger partial charge < -0.3 is 24.5 Å². The molecule has 1 aliphatic heterocycles. The SMILES string of the molecule is CC1(C)OB(c2ccc3ncc(OCCCCNC(=O)O)cc3c2)OC1(C)C. The van der Waals surface area contributed by atoms with Crippen LogP contribution < -0.4 is 15.5 Å². The van der Waals surface area contributed by atoms with Crippen molar-refractivity contribution in [3.63, 3.8) is 0 Å². The van der Waals surface area contributed by atoms with Gasteiger partial charge in [0, 0.05) is 11.9 Å². The Kier molecular flexibility index (Phi) is 5.81. The Labute approximate surface area is 165 Å². The molecular formula is C20H27BN2O5. The van der Waals surface area contributed by atoms with Crippen molar-refractivity contribution in [3.8, 4) is 5.75 Å². The van der Waals surface area contributed by atoms with Gasteiger partial charge in [-0.05, 0) is 58.1 Å². The molecule has 1 fully saturated rings. The lowest BCUT2D eigenvalue weighted by atomic mass is 9.78. The Bertz CT molecular complexity index is 840. The van der Waals surface area contributed by atoms with Crippen LogP contribution in [0.5, 0.6) is 5.75 Å². The highest BCUT2D eigenvalue weighted by molar-refractivity contribution is 6.62. The highest BCUT2D eigenvalue weighted by Gasteiger charge is 2.51. The number of pyridine rings is 1. The van der Waals surface area contributed by atoms with Gasteiger partial charge in [0.1, 0.15) is 5.75 Å². The van der Waals surface area contributed by atoms with Crippen molar-refractivity contribution in [3.05, 3.63) is 30.5 Å². The number of amides is 1. The van der Waals surface area contributed by atoms with E-state index in [1.807, 2.05) is 52.0 Å². The summed E-state index contributed by atoms with van der Waals surface area (Å²) in [5.74, 6) is 0.685. The third-order valence-corrected chi connectivity index (χ3v) is 5.32. The number of aromatic nitrogens is 1. The van der Waals surface area contributed by atoms with Gasteiger partial charge in [0.25, 0.3) is 0 Å². The summed E-state index contributed by atoms with van der Waals surface area (Å²) in [5, 5.41) is 11.8. The zero-order valence-corrected chi connectivity index (χ0v) is 16.8. The van der Waals surface area contributed by atoms with Gasteiger partial charge in [0.05, 0.1) is 29.5 Å². The second kappa shape index (κ2) is 7.97. The van der Waals surface area contributed by atoms with Crippen LogP contribution in [-0.2, 0) is 9.31 Å². The Hall–Kier alpha value is -2.32. The van der Waals surface area contributed by atoms with Crippen molar-refractivity contribution >= 4 is 29.6 Å². The van der Waals surface area contributed by atoms with Gasteiger partial charge in [-0.1, -0.05) is 12.1 Å². The first-order valence-electron chi connectivity index (χ1n) is 9.53. The van der Waals surface area contributed by atoms with Gasteiger partial charge in [-0.25, -0.2) is 4.79 Å². The number of unbranched alkanes of at least 4 members (excludes halogenated alkanes) is 1. The number of nitrogens with one attached hydrogen (secondary N) is 1. The zero-order valence-electron chi connectivity index (χ0n) is 16.8. The quantitative estimate of drug-likeness (QED) is 0.562. The van der Waals surface area contributed by atoms with Crippen molar-refractivity contribution in [1.29, 1.82) is 0 Å². The second-order valence-corrected chi connectivity index (χ2v) is 8.00. The van der Waals surface area contributed by atoms with E-state index in [9.17, 15) is 4.79 Å². The van der Waals surface area contributed by atoms with E-state index in [2.05, 4.69) is 10.3 Å². The lowest BCUT2D eigenvalue weighted by Crippen LogP contribution is -2.41. The fourth-order valence-corrected chi connectivity index (χ4v) is 2.95. The monoisotopic (exact) mass is 386 g/mol. The van der Waals surface area contributed by atoms with Crippen molar-refractivity contribution in [2.75, 3.05) is 13.2 Å². The summed E-state index contributed by atoms with van der Waals surface area (Å²) in [6.45, 7) is 9.07. The van der Waals surface area contributed by atoms with Crippen molar-refractivity contribution in [2.45, 2.75) is 51.7 Å². The Morgan fingerprint density at radius 2 is 1.89 bits per heavy atom. The van der Waals surface area contributed by atoms with Gasteiger partial charge in [-0.3, -0.25) is 4.98 Å². The number of hydrogen-bond donors (Lipinski definition) is 2. The summed E-state index contributed by atoms with van der Waals surface area (Å²) in [6.07, 6.45) is 2.18. The third kappa shape index (κ3) is 4.56. The first-order chi connectivity index (χ1) is 13.2. The Morgan fingerprint density at radius 3 is 2.57 bits per heavy atom. The molecule has 1 aromatic heterocycles. The molecule has 0 unspecified atom stereocenters. The topological polar surface area (TPSA) is 89.9 Å². The van der Waals surface area contributed by atoms with E-state index in [1.54, 1.807) is 6.20 Å². The van der Waals surface area contributed by atoms with Crippen LogP contribution in [0, 0.1) is 0 Å². The molecule has 1 aromatic carbocycles. The highest BCUT2D eigenvalue weighted by Crippen LogP contribution is 2.36. The first-order valence-corrected chi connectivity index (χ1v) is 9.53. The molecular weight excluding hydrogens is 359 g/mol. The van der Waals surface area contributed by atoms with Crippen LogP contribution in [0.2, 0.25) is 0 Å². The molecule has 1 amide bonds. The van der Waals surface area contributed by atoms with Gasteiger partial charge >= 0.3 is 13.2 Å². The van der Waals surface area contributed by atoms with Gasteiger partial charge in [0.15, 0.2) is 0 Å². The van der Waals surface area contributed by atoms with E-state index in [0.717, 1.165) is 29.2 Å². The van der Waals surface area contributed by atoms with Gasteiger partial charge in [-0.15, -0.1) is 0 Å². The molecule has 150 valence electrons. The summed E-state index contributed by atoms with van der Waals surface area (Å²) in [6, 6.07) is 7.91.